The van der Waals surface area contributed by atoms with Crippen molar-refractivity contribution in [2.75, 3.05) is 13.6 Å². The number of carbonyl (C=O) groups is 1. The maximum Gasteiger partial charge on any atom is 0.263 e. The Morgan fingerprint density at radius 1 is 1.53 bits per heavy atom. The number of nitrogens with zero attached hydrogens (tertiary/aromatic N) is 2. The lowest BCUT2D eigenvalue weighted by Crippen LogP contribution is -2.38. The highest BCUT2D eigenvalue weighted by molar-refractivity contribution is 6.42. The van der Waals surface area contributed by atoms with E-state index in [0.717, 1.165) is 0 Å². The summed E-state index contributed by atoms with van der Waals surface area (Å²) in [6.45, 7) is 1.99. The van der Waals surface area contributed by atoms with Crippen LogP contribution < -0.4 is 4.74 Å². The molecule has 102 valence electrons. The van der Waals surface area contributed by atoms with Crippen molar-refractivity contribution in [1.29, 1.82) is 5.26 Å². The second-order valence-electron chi connectivity index (χ2n) is 3.98. The molecule has 0 radical (unpaired) electrons. The zero-order valence-electron chi connectivity index (χ0n) is 10.7. The summed E-state index contributed by atoms with van der Waals surface area (Å²) in [6.07, 6.45) is -0.410. The molecule has 0 spiro atoms. The zero-order chi connectivity index (χ0) is 14.4. The van der Waals surface area contributed by atoms with Crippen molar-refractivity contribution >= 4 is 29.1 Å². The molecule has 1 atom stereocenters. The first-order valence-corrected chi connectivity index (χ1v) is 6.45. The van der Waals surface area contributed by atoms with E-state index in [0.29, 0.717) is 17.3 Å². The van der Waals surface area contributed by atoms with Crippen LogP contribution in [0.1, 0.15) is 13.3 Å². The number of amides is 1. The smallest absolute Gasteiger partial charge is 0.263 e. The number of carbonyl (C=O) groups excluding carboxylic acids is 1. The van der Waals surface area contributed by atoms with E-state index in [1.165, 1.54) is 4.90 Å². The topological polar surface area (TPSA) is 53.3 Å². The third-order valence-corrected chi connectivity index (χ3v) is 3.30. The van der Waals surface area contributed by atoms with E-state index in [9.17, 15) is 4.79 Å². The van der Waals surface area contributed by atoms with E-state index < -0.39 is 6.10 Å². The average Bonchev–Trinajstić information content (AvgIpc) is 2.40. The molecule has 4 nitrogen and oxygen atoms in total. The molecule has 1 rings (SSSR count). The maximum atomic E-state index is 12.0. The summed E-state index contributed by atoms with van der Waals surface area (Å²) in [7, 11) is 1.62. The van der Waals surface area contributed by atoms with Crippen molar-refractivity contribution in [2.24, 2.45) is 0 Å². The number of hydrogen-bond acceptors (Lipinski definition) is 3. The molecule has 1 amide bonds. The molecule has 1 unspecified atom stereocenters. The van der Waals surface area contributed by atoms with Crippen LogP contribution in [0.5, 0.6) is 5.75 Å². The van der Waals surface area contributed by atoms with Gasteiger partial charge in [-0.15, -0.1) is 0 Å². The van der Waals surface area contributed by atoms with E-state index in [-0.39, 0.29) is 17.4 Å². The second-order valence-corrected chi connectivity index (χ2v) is 4.77. The van der Waals surface area contributed by atoms with Gasteiger partial charge >= 0.3 is 0 Å². The van der Waals surface area contributed by atoms with Crippen molar-refractivity contribution in [3.63, 3.8) is 0 Å². The van der Waals surface area contributed by atoms with Gasteiger partial charge in [-0.1, -0.05) is 29.3 Å². The molecule has 1 aromatic rings. The van der Waals surface area contributed by atoms with Gasteiger partial charge in [-0.3, -0.25) is 4.79 Å². The summed E-state index contributed by atoms with van der Waals surface area (Å²) in [5.74, 6) is 0.148. The number of likely N-dealkylation sites (N-methyl/N-ethyl adjacent to an activating group) is 1. The van der Waals surface area contributed by atoms with Gasteiger partial charge < -0.3 is 9.64 Å². The van der Waals surface area contributed by atoms with Crippen molar-refractivity contribution in [3.05, 3.63) is 28.2 Å². The molecule has 0 saturated carbocycles. The zero-order valence-corrected chi connectivity index (χ0v) is 12.2. The molecule has 0 aliphatic heterocycles. The Kier molecular flexibility index (Phi) is 5.94. The number of nitriles is 1. The van der Waals surface area contributed by atoms with E-state index in [4.69, 9.17) is 33.2 Å². The fourth-order valence-electron chi connectivity index (χ4n) is 1.45. The summed E-state index contributed by atoms with van der Waals surface area (Å²) >= 11 is 11.8. The van der Waals surface area contributed by atoms with Crippen LogP contribution in [-0.2, 0) is 4.79 Å². The molecule has 0 aliphatic carbocycles. The SMILES string of the molecule is CC(Oc1cccc(Cl)c1Cl)C(=O)N(C)CCC#N. The Balaban J connectivity index is 2.69. The third-order valence-electron chi connectivity index (χ3n) is 2.50. The molecule has 0 aromatic heterocycles. The van der Waals surface area contributed by atoms with E-state index in [1.54, 1.807) is 32.2 Å². The molecule has 19 heavy (non-hydrogen) atoms. The first-order valence-electron chi connectivity index (χ1n) is 5.70. The van der Waals surface area contributed by atoms with Crippen LogP contribution in [0.4, 0.5) is 0 Å². The van der Waals surface area contributed by atoms with Crippen LogP contribution in [0.15, 0.2) is 18.2 Å². The van der Waals surface area contributed by atoms with Gasteiger partial charge in [-0.2, -0.15) is 5.26 Å². The first-order chi connectivity index (χ1) is 8.97. The highest BCUT2D eigenvalue weighted by atomic mass is 35.5. The van der Waals surface area contributed by atoms with E-state index in [1.807, 2.05) is 6.07 Å². The first kappa shape index (κ1) is 15.6. The Morgan fingerprint density at radius 3 is 2.84 bits per heavy atom. The predicted molar refractivity (Wildman–Crippen MR) is 74.4 cm³/mol. The molecule has 0 aliphatic rings. The van der Waals surface area contributed by atoms with Crippen LogP contribution in [0.2, 0.25) is 10.0 Å². The highest BCUT2D eigenvalue weighted by Crippen LogP contribution is 2.32. The van der Waals surface area contributed by atoms with Gasteiger partial charge in [0.2, 0.25) is 0 Å². The maximum absolute atomic E-state index is 12.0. The minimum atomic E-state index is -0.695. The van der Waals surface area contributed by atoms with Gasteiger partial charge in [0.25, 0.3) is 5.91 Å². The van der Waals surface area contributed by atoms with Crippen molar-refractivity contribution in [1.82, 2.24) is 4.90 Å². The molecule has 1 aromatic carbocycles. The van der Waals surface area contributed by atoms with Gasteiger partial charge in [0.05, 0.1) is 17.5 Å². The Labute approximate surface area is 122 Å². The lowest BCUT2D eigenvalue weighted by atomic mass is 10.3. The van der Waals surface area contributed by atoms with Gasteiger partial charge in [0, 0.05) is 13.6 Å². The quantitative estimate of drug-likeness (QED) is 0.839. The third kappa shape index (κ3) is 4.30. The van der Waals surface area contributed by atoms with E-state index in [2.05, 4.69) is 0 Å². The van der Waals surface area contributed by atoms with Gasteiger partial charge in [-0.05, 0) is 19.1 Å². The molecular weight excluding hydrogens is 287 g/mol. The fourth-order valence-corrected chi connectivity index (χ4v) is 1.79. The second kappa shape index (κ2) is 7.22. The largest absolute Gasteiger partial charge is 0.479 e. The van der Waals surface area contributed by atoms with Crippen molar-refractivity contribution < 1.29 is 9.53 Å². The molecule has 0 N–H and O–H groups in total. The van der Waals surface area contributed by atoms with Crippen molar-refractivity contribution in [3.8, 4) is 11.8 Å². The minimum Gasteiger partial charge on any atom is -0.479 e. The summed E-state index contributed by atoms with van der Waals surface area (Å²) in [5, 5.41) is 9.14. The summed E-state index contributed by atoms with van der Waals surface area (Å²) in [4.78, 5) is 13.4. The molecule has 0 bridgehead atoms. The molecule has 0 heterocycles. The van der Waals surface area contributed by atoms with Crippen LogP contribution >= 0.6 is 23.2 Å². The summed E-state index contributed by atoms with van der Waals surface area (Å²) < 4.78 is 5.50. The van der Waals surface area contributed by atoms with Gasteiger partial charge in [-0.25, -0.2) is 0 Å². The fraction of sp³-hybridized carbons (Fsp3) is 0.385. The minimum absolute atomic E-state index is 0.216. The number of ether oxygens (including phenoxy) is 1. The predicted octanol–water partition coefficient (Wildman–Crippen LogP) is 3.13. The van der Waals surface area contributed by atoms with Crippen LogP contribution in [0, 0.1) is 11.3 Å². The Hall–Kier alpha value is -1.44. The lowest BCUT2D eigenvalue weighted by Gasteiger charge is -2.21. The normalized spacial score (nSPS) is 11.5. The summed E-state index contributed by atoms with van der Waals surface area (Å²) in [6, 6.07) is 6.97. The van der Waals surface area contributed by atoms with Crippen molar-refractivity contribution in [2.45, 2.75) is 19.4 Å². The van der Waals surface area contributed by atoms with E-state index >= 15 is 0 Å². The van der Waals surface area contributed by atoms with Crippen LogP contribution in [0.3, 0.4) is 0 Å². The number of hydrogen-bond donors (Lipinski definition) is 0. The highest BCUT2D eigenvalue weighted by Gasteiger charge is 2.20. The Bertz CT molecular complexity index is 500. The van der Waals surface area contributed by atoms with Gasteiger partial charge in [0.1, 0.15) is 10.8 Å². The monoisotopic (exact) mass is 300 g/mol. The molecule has 0 saturated heterocycles. The summed E-state index contributed by atoms with van der Waals surface area (Å²) in [5.41, 5.74) is 0. The van der Waals surface area contributed by atoms with Gasteiger partial charge in [0.15, 0.2) is 6.10 Å². The molecular formula is C13H14Cl2N2O2. The van der Waals surface area contributed by atoms with Crippen LogP contribution in [-0.4, -0.2) is 30.5 Å². The number of benzene rings is 1. The molecule has 0 fully saturated rings. The number of halogens is 2. The Morgan fingerprint density at radius 2 is 2.21 bits per heavy atom. The van der Waals surface area contributed by atoms with Crippen LogP contribution in [0.25, 0.3) is 0 Å². The lowest BCUT2D eigenvalue weighted by molar-refractivity contribution is -0.136. The number of rotatable bonds is 5. The molecule has 6 heteroatoms. The average molecular weight is 301 g/mol. The standard InChI is InChI=1S/C13H14Cl2N2O2/c1-9(13(18)17(2)8-4-7-16)19-11-6-3-5-10(14)12(11)15/h3,5-6,9H,4,8H2,1-2H3.